The minimum Gasteiger partial charge on any atom is -0.355 e. The minimum atomic E-state index is -0.351. The fourth-order valence-electron chi connectivity index (χ4n) is 3.71. The molecule has 1 aromatic heterocycles. The number of amides is 1. The fourth-order valence-corrected chi connectivity index (χ4v) is 4.82. The van der Waals surface area contributed by atoms with Crippen LogP contribution in [-0.2, 0) is 11.2 Å². The second-order valence-electron chi connectivity index (χ2n) is 7.16. The predicted molar refractivity (Wildman–Crippen MR) is 119 cm³/mol. The zero-order valence-corrected chi connectivity index (χ0v) is 18.6. The van der Waals surface area contributed by atoms with Crippen molar-refractivity contribution >= 4 is 52.3 Å². The summed E-state index contributed by atoms with van der Waals surface area (Å²) >= 11 is 1.72. The third-order valence-electron chi connectivity index (χ3n) is 5.61. The molecule has 0 radical (unpaired) electrons. The van der Waals surface area contributed by atoms with Gasteiger partial charge in [0.1, 0.15) is 0 Å². The van der Waals surface area contributed by atoms with Crippen LogP contribution in [0.25, 0.3) is 10.2 Å². The van der Waals surface area contributed by atoms with Crippen LogP contribution < -0.4 is 10.6 Å². The number of nitrogens with zero attached hydrogens (tertiary/aromatic N) is 1. The lowest BCUT2D eigenvalue weighted by atomic mass is 9.78. The largest absolute Gasteiger partial charge is 0.355 e. The molecule has 7 heteroatoms. The summed E-state index contributed by atoms with van der Waals surface area (Å²) in [6, 6.07) is 8.21. The molecule has 4 nitrogen and oxygen atoms in total. The molecule has 0 spiro atoms. The highest BCUT2D eigenvalue weighted by Gasteiger charge is 2.36. The van der Waals surface area contributed by atoms with Crippen LogP contribution in [0.3, 0.4) is 0 Å². The number of para-hydroxylation sites is 1. The molecule has 3 rings (SSSR count). The highest BCUT2D eigenvalue weighted by Crippen LogP contribution is 2.34. The maximum absolute atomic E-state index is 13.0. The molecule has 2 heterocycles. The van der Waals surface area contributed by atoms with Gasteiger partial charge in [0.25, 0.3) is 0 Å². The van der Waals surface area contributed by atoms with Crippen molar-refractivity contribution in [1.29, 1.82) is 0 Å². The number of benzene rings is 1. The van der Waals surface area contributed by atoms with Gasteiger partial charge in [-0.25, -0.2) is 4.98 Å². The van der Waals surface area contributed by atoms with Crippen LogP contribution in [0, 0.1) is 11.3 Å². The Morgan fingerprint density at radius 2 is 2.04 bits per heavy atom. The average Bonchev–Trinajstić information content (AvgIpc) is 3.07. The van der Waals surface area contributed by atoms with E-state index >= 15 is 0 Å². The Bertz CT molecular complexity index is 679. The van der Waals surface area contributed by atoms with Crippen molar-refractivity contribution < 1.29 is 4.79 Å². The van der Waals surface area contributed by atoms with E-state index in [0.717, 1.165) is 49.4 Å². The van der Waals surface area contributed by atoms with Crippen LogP contribution >= 0.6 is 36.2 Å². The van der Waals surface area contributed by atoms with Crippen molar-refractivity contribution in [2.75, 3.05) is 19.6 Å². The van der Waals surface area contributed by atoms with E-state index in [2.05, 4.69) is 30.5 Å². The summed E-state index contributed by atoms with van der Waals surface area (Å²) in [5, 5.41) is 7.74. The smallest absolute Gasteiger partial charge is 0.226 e. The maximum Gasteiger partial charge on any atom is 0.226 e. The molecular formula is C20H31Cl2N3OS. The normalized spacial score (nSPS) is 17.0. The number of nitrogens with one attached hydrogen (secondary N) is 2. The molecule has 1 aliphatic rings. The standard InChI is InChI=1S/C20H29N3OS.2ClH/c1-3-20(4-2,19(24)22-14-15-8-7-11-21-13-15)12-18-23-16-9-5-6-10-17(16)25-18;;/h5-6,9-10,15,21H,3-4,7-8,11-14H2,1-2H3,(H,22,24);2*1H. The summed E-state index contributed by atoms with van der Waals surface area (Å²) < 4.78 is 1.20. The Morgan fingerprint density at radius 1 is 1.30 bits per heavy atom. The van der Waals surface area contributed by atoms with Gasteiger partial charge in [0.15, 0.2) is 0 Å². The lowest BCUT2D eigenvalue weighted by molar-refractivity contribution is -0.131. The summed E-state index contributed by atoms with van der Waals surface area (Å²) in [7, 11) is 0. The van der Waals surface area contributed by atoms with E-state index in [1.807, 2.05) is 18.2 Å². The molecule has 1 atom stereocenters. The number of carbonyl (C=O) groups excluding carboxylic acids is 1. The van der Waals surface area contributed by atoms with Crippen LogP contribution in [0.2, 0.25) is 0 Å². The molecule has 0 aliphatic carbocycles. The van der Waals surface area contributed by atoms with Crippen LogP contribution in [-0.4, -0.2) is 30.5 Å². The third kappa shape index (κ3) is 5.80. The quantitative estimate of drug-likeness (QED) is 0.672. The van der Waals surface area contributed by atoms with Gasteiger partial charge >= 0.3 is 0 Å². The maximum atomic E-state index is 13.0. The molecule has 1 saturated heterocycles. The summed E-state index contributed by atoms with van der Waals surface area (Å²) in [4.78, 5) is 17.8. The molecule has 1 fully saturated rings. The summed E-state index contributed by atoms with van der Waals surface area (Å²) in [5.74, 6) is 0.758. The monoisotopic (exact) mass is 431 g/mol. The molecule has 2 aromatic rings. The summed E-state index contributed by atoms with van der Waals surface area (Å²) in [6.07, 6.45) is 4.83. The third-order valence-corrected chi connectivity index (χ3v) is 6.65. The first-order chi connectivity index (χ1) is 12.2. The van der Waals surface area contributed by atoms with Crippen molar-refractivity contribution in [2.24, 2.45) is 11.3 Å². The van der Waals surface area contributed by atoms with Gasteiger partial charge in [-0.1, -0.05) is 26.0 Å². The molecule has 1 unspecified atom stereocenters. The first-order valence-corrected chi connectivity index (χ1v) is 10.3. The zero-order chi connectivity index (χ0) is 17.7. The topological polar surface area (TPSA) is 54.0 Å². The molecule has 1 aromatic carbocycles. The van der Waals surface area contributed by atoms with Crippen LogP contribution in [0.4, 0.5) is 0 Å². The van der Waals surface area contributed by atoms with Gasteiger partial charge < -0.3 is 10.6 Å². The molecule has 1 aliphatic heterocycles. The Balaban J connectivity index is 0.00000182. The SMILES string of the molecule is CCC(CC)(Cc1nc2ccccc2s1)C(=O)NCC1CCCNC1.Cl.Cl. The molecule has 0 bridgehead atoms. The lowest BCUT2D eigenvalue weighted by Crippen LogP contribution is -2.45. The van der Waals surface area contributed by atoms with E-state index in [1.54, 1.807) is 11.3 Å². The molecular weight excluding hydrogens is 401 g/mol. The van der Waals surface area contributed by atoms with E-state index in [4.69, 9.17) is 4.98 Å². The number of hydrogen-bond donors (Lipinski definition) is 2. The van der Waals surface area contributed by atoms with Crippen LogP contribution in [0.1, 0.15) is 44.5 Å². The van der Waals surface area contributed by atoms with E-state index in [-0.39, 0.29) is 36.1 Å². The van der Waals surface area contributed by atoms with E-state index < -0.39 is 0 Å². The van der Waals surface area contributed by atoms with Crippen molar-refractivity contribution in [3.05, 3.63) is 29.3 Å². The number of hydrogen-bond acceptors (Lipinski definition) is 4. The van der Waals surface area contributed by atoms with E-state index in [0.29, 0.717) is 5.92 Å². The van der Waals surface area contributed by atoms with E-state index in [1.165, 1.54) is 17.5 Å². The molecule has 27 heavy (non-hydrogen) atoms. The predicted octanol–water partition coefficient (Wildman–Crippen LogP) is 4.60. The second-order valence-corrected chi connectivity index (χ2v) is 8.28. The van der Waals surface area contributed by atoms with Crippen molar-refractivity contribution in [2.45, 2.75) is 46.0 Å². The first kappa shape index (κ1) is 24.2. The Morgan fingerprint density at radius 3 is 2.67 bits per heavy atom. The fraction of sp³-hybridized carbons (Fsp3) is 0.600. The lowest BCUT2D eigenvalue weighted by Gasteiger charge is -2.31. The number of piperidine rings is 1. The van der Waals surface area contributed by atoms with Crippen LogP contribution in [0.5, 0.6) is 0 Å². The number of aromatic nitrogens is 1. The first-order valence-electron chi connectivity index (χ1n) is 9.50. The summed E-state index contributed by atoms with van der Waals surface area (Å²) in [6.45, 7) is 7.16. The number of rotatable bonds is 7. The average molecular weight is 432 g/mol. The Hall–Kier alpha value is -0.880. The number of thiazole rings is 1. The minimum absolute atomic E-state index is 0. The molecule has 2 N–H and O–H groups in total. The van der Waals surface area contributed by atoms with Gasteiger partial charge in [-0.3, -0.25) is 4.79 Å². The summed E-state index contributed by atoms with van der Waals surface area (Å²) in [5.41, 5.74) is 0.688. The van der Waals surface area contributed by atoms with E-state index in [9.17, 15) is 4.79 Å². The highest BCUT2D eigenvalue weighted by molar-refractivity contribution is 7.18. The highest BCUT2D eigenvalue weighted by atomic mass is 35.5. The molecule has 152 valence electrons. The molecule has 1 amide bonds. The Labute approximate surface area is 178 Å². The van der Waals surface area contributed by atoms with Gasteiger partial charge in [-0.05, 0) is 56.8 Å². The van der Waals surface area contributed by atoms with Gasteiger partial charge in [-0.2, -0.15) is 0 Å². The Kier molecular flexibility index (Phi) is 10.0. The van der Waals surface area contributed by atoms with Gasteiger partial charge in [0, 0.05) is 13.0 Å². The molecule has 0 saturated carbocycles. The van der Waals surface area contributed by atoms with Crippen LogP contribution in [0.15, 0.2) is 24.3 Å². The van der Waals surface area contributed by atoms with Gasteiger partial charge in [0.05, 0.1) is 20.6 Å². The number of halogens is 2. The van der Waals surface area contributed by atoms with Crippen molar-refractivity contribution in [1.82, 2.24) is 15.6 Å². The van der Waals surface area contributed by atoms with Gasteiger partial charge in [0.2, 0.25) is 5.91 Å². The second kappa shape index (κ2) is 11.2. The van der Waals surface area contributed by atoms with Crippen molar-refractivity contribution in [3.8, 4) is 0 Å². The van der Waals surface area contributed by atoms with Gasteiger partial charge in [-0.15, -0.1) is 36.2 Å². The number of carbonyl (C=O) groups is 1. The van der Waals surface area contributed by atoms with Crippen molar-refractivity contribution in [3.63, 3.8) is 0 Å². The zero-order valence-electron chi connectivity index (χ0n) is 16.1. The number of fused-ring (bicyclic) bond motifs is 1.